The van der Waals surface area contributed by atoms with Crippen molar-refractivity contribution in [3.05, 3.63) is 0 Å². The molecule has 18 heavy (non-hydrogen) atoms. The monoisotopic (exact) mass is 268 g/mol. The third-order valence-corrected chi connectivity index (χ3v) is 4.43. The van der Waals surface area contributed by atoms with Crippen LogP contribution in [0.2, 0.25) is 0 Å². The molecule has 0 aromatic carbocycles. The van der Waals surface area contributed by atoms with Gasteiger partial charge < -0.3 is 9.64 Å². The number of aromatic nitrogens is 2. The fourth-order valence-corrected chi connectivity index (χ4v) is 3.45. The maximum absolute atomic E-state index is 12.1. The van der Waals surface area contributed by atoms with E-state index < -0.39 is 0 Å². The number of fused-ring (bicyclic) bond motifs is 1. The van der Waals surface area contributed by atoms with E-state index >= 15 is 0 Å². The third-order valence-electron chi connectivity index (χ3n) is 3.82. The van der Waals surface area contributed by atoms with Gasteiger partial charge in [-0.3, -0.25) is 5.32 Å². The predicted molar refractivity (Wildman–Crippen MR) is 67.9 cm³/mol. The molecule has 2 fully saturated rings. The van der Waals surface area contributed by atoms with Crippen LogP contribution < -0.4 is 10.1 Å². The van der Waals surface area contributed by atoms with Crippen molar-refractivity contribution in [2.45, 2.75) is 19.3 Å². The van der Waals surface area contributed by atoms with Crippen LogP contribution in [-0.2, 0) is 0 Å². The van der Waals surface area contributed by atoms with E-state index in [-0.39, 0.29) is 6.03 Å². The summed E-state index contributed by atoms with van der Waals surface area (Å²) in [4.78, 5) is 18.0. The summed E-state index contributed by atoms with van der Waals surface area (Å²) in [5.41, 5.74) is 0. The fourth-order valence-electron chi connectivity index (χ4n) is 2.92. The van der Waals surface area contributed by atoms with Crippen molar-refractivity contribution in [2.24, 2.45) is 11.8 Å². The molecule has 98 valence electrons. The Morgan fingerprint density at radius 1 is 1.44 bits per heavy atom. The van der Waals surface area contributed by atoms with Crippen molar-refractivity contribution in [2.75, 3.05) is 25.5 Å². The summed E-state index contributed by atoms with van der Waals surface area (Å²) in [6.07, 6.45) is 3.85. The molecule has 1 aromatic heterocycles. The van der Waals surface area contributed by atoms with E-state index in [2.05, 4.69) is 14.7 Å². The number of nitrogens with zero attached hydrogens (tertiary/aromatic N) is 3. The lowest BCUT2D eigenvalue weighted by atomic mass is 10.0. The number of hydrogen-bond acceptors (Lipinski definition) is 5. The largest absolute Gasteiger partial charge is 0.466 e. The Kier molecular flexibility index (Phi) is 3.07. The second kappa shape index (κ2) is 4.72. The van der Waals surface area contributed by atoms with E-state index in [0.29, 0.717) is 23.0 Å². The van der Waals surface area contributed by atoms with E-state index in [1.54, 1.807) is 0 Å². The number of methoxy groups -OCH3 is 1. The lowest BCUT2D eigenvalue weighted by Crippen LogP contribution is -2.33. The fraction of sp³-hybridized carbons (Fsp3) is 0.727. The average molecular weight is 268 g/mol. The molecule has 2 heterocycles. The van der Waals surface area contributed by atoms with Crippen LogP contribution in [-0.4, -0.2) is 40.5 Å². The van der Waals surface area contributed by atoms with Crippen LogP contribution in [0.15, 0.2) is 0 Å². The number of urea groups is 1. The standard InChI is InChI=1S/C11H16N4O2S/c1-17-9-12-10(18-14-9)13-11(16)15-5-7-3-2-4-8(7)6-15/h7-8H,2-6H2,1H3,(H,12,13,14,16)/t7-,8?/m0/s1. The maximum atomic E-state index is 12.1. The second-order valence-electron chi connectivity index (χ2n) is 4.87. The highest BCUT2D eigenvalue weighted by molar-refractivity contribution is 7.10. The topological polar surface area (TPSA) is 67.3 Å². The van der Waals surface area contributed by atoms with Crippen molar-refractivity contribution in [3.63, 3.8) is 0 Å². The Morgan fingerprint density at radius 2 is 2.17 bits per heavy atom. The van der Waals surface area contributed by atoms with Crippen LogP contribution >= 0.6 is 11.5 Å². The molecule has 0 spiro atoms. The molecule has 1 unspecified atom stereocenters. The zero-order valence-electron chi connectivity index (χ0n) is 10.3. The number of nitrogens with one attached hydrogen (secondary N) is 1. The number of carbonyl (C=O) groups is 1. The first kappa shape index (κ1) is 11.7. The molecule has 2 aliphatic rings. The van der Waals surface area contributed by atoms with Crippen molar-refractivity contribution in [1.29, 1.82) is 0 Å². The Labute approximate surface area is 110 Å². The first-order valence-electron chi connectivity index (χ1n) is 6.20. The second-order valence-corrected chi connectivity index (χ2v) is 5.62. The number of anilines is 1. The number of amides is 2. The van der Waals surface area contributed by atoms with Crippen LogP contribution in [0.4, 0.5) is 9.93 Å². The van der Waals surface area contributed by atoms with Crippen LogP contribution in [0.25, 0.3) is 0 Å². The van der Waals surface area contributed by atoms with Gasteiger partial charge in [-0.25, -0.2) is 4.79 Å². The SMILES string of the molecule is COc1nsc(NC(=O)N2CC3CCC[C@H]3C2)n1. The summed E-state index contributed by atoms with van der Waals surface area (Å²) >= 11 is 1.14. The summed E-state index contributed by atoms with van der Waals surface area (Å²) in [6.45, 7) is 1.76. The summed E-state index contributed by atoms with van der Waals surface area (Å²) in [5.74, 6) is 1.42. The minimum atomic E-state index is -0.0665. The molecular formula is C11H16N4O2S. The quantitative estimate of drug-likeness (QED) is 0.888. The summed E-state index contributed by atoms with van der Waals surface area (Å²) < 4.78 is 8.83. The van der Waals surface area contributed by atoms with Crippen LogP contribution in [0.1, 0.15) is 19.3 Å². The van der Waals surface area contributed by atoms with Crippen molar-refractivity contribution in [3.8, 4) is 6.01 Å². The first-order valence-corrected chi connectivity index (χ1v) is 6.97. The predicted octanol–water partition coefficient (Wildman–Crippen LogP) is 1.81. The van der Waals surface area contributed by atoms with E-state index in [1.807, 2.05) is 4.90 Å². The van der Waals surface area contributed by atoms with Gasteiger partial charge in [-0.15, -0.1) is 4.37 Å². The average Bonchev–Trinajstić information content (AvgIpc) is 3.02. The number of hydrogen-bond donors (Lipinski definition) is 1. The van der Waals surface area contributed by atoms with Crippen LogP contribution in [0, 0.1) is 11.8 Å². The van der Waals surface area contributed by atoms with E-state index in [0.717, 1.165) is 24.6 Å². The molecule has 1 saturated carbocycles. The highest BCUT2D eigenvalue weighted by atomic mass is 32.1. The normalized spacial score (nSPS) is 26.2. The highest BCUT2D eigenvalue weighted by Gasteiger charge is 2.38. The Balaban J connectivity index is 1.58. The third kappa shape index (κ3) is 2.14. The van der Waals surface area contributed by atoms with Gasteiger partial charge in [0.15, 0.2) is 0 Å². The molecule has 0 radical (unpaired) electrons. The zero-order valence-corrected chi connectivity index (χ0v) is 11.1. The van der Waals surface area contributed by atoms with Gasteiger partial charge in [0.2, 0.25) is 5.13 Å². The van der Waals surface area contributed by atoms with E-state index in [1.165, 1.54) is 26.4 Å². The van der Waals surface area contributed by atoms with Crippen LogP contribution in [0.3, 0.4) is 0 Å². The van der Waals surface area contributed by atoms with Crippen molar-refractivity contribution in [1.82, 2.24) is 14.3 Å². The number of likely N-dealkylation sites (tertiary alicyclic amines) is 1. The van der Waals surface area contributed by atoms with Gasteiger partial charge in [-0.05, 0) is 24.7 Å². The van der Waals surface area contributed by atoms with E-state index in [4.69, 9.17) is 4.74 Å². The highest BCUT2D eigenvalue weighted by Crippen LogP contribution is 2.37. The lowest BCUT2D eigenvalue weighted by Gasteiger charge is -2.16. The lowest BCUT2D eigenvalue weighted by molar-refractivity contribution is 0.219. The van der Waals surface area contributed by atoms with Gasteiger partial charge in [-0.2, -0.15) is 4.98 Å². The molecule has 0 bridgehead atoms. The minimum absolute atomic E-state index is 0.0665. The Morgan fingerprint density at radius 3 is 2.78 bits per heavy atom. The van der Waals surface area contributed by atoms with Gasteiger partial charge in [-0.1, -0.05) is 6.42 Å². The molecule has 3 rings (SSSR count). The molecule has 1 saturated heterocycles. The van der Waals surface area contributed by atoms with Crippen molar-refractivity contribution >= 4 is 22.7 Å². The maximum Gasteiger partial charge on any atom is 0.329 e. The van der Waals surface area contributed by atoms with Gasteiger partial charge in [0.25, 0.3) is 0 Å². The number of ether oxygens (including phenoxy) is 1. The van der Waals surface area contributed by atoms with E-state index in [9.17, 15) is 4.79 Å². The first-order chi connectivity index (χ1) is 8.76. The zero-order chi connectivity index (χ0) is 12.5. The van der Waals surface area contributed by atoms with Crippen LogP contribution in [0.5, 0.6) is 6.01 Å². The number of rotatable bonds is 2. The molecule has 2 atom stereocenters. The molecule has 1 N–H and O–H groups in total. The summed E-state index contributed by atoms with van der Waals surface area (Å²) in [6, 6.07) is 0.233. The molecule has 1 aromatic rings. The van der Waals surface area contributed by atoms with Gasteiger partial charge in [0, 0.05) is 24.6 Å². The van der Waals surface area contributed by atoms with Crippen molar-refractivity contribution < 1.29 is 9.53 Å². The molecule has 1 aliphatic carbocycles. The minimum Gasteiger partial charge on any atom is -0.466 e. The molecule has 7 heteroatoms. The molecule has 2 amide bonds. The summed E-state index contributed by atoms with van der Waals surface area (Å²) in [7, 11) is 1.51. The van der Waals surface area contributed by atoms with Gasteiger partial charge in [0.05, 0.1) is 7.11 Å². The summed E-state index contributed by atoms with van der Waals surface area (Å²) in [5, 5.41) is 3.27. The molecule has 1 aliphatic heterocycles. The number of carbonyl (C=O) groups excluding carboxylic acids is 1. The Bertz CT molecular complexity index is 438. The molecule has 6 nitrogen and oxygen atoms in total. The van der Waals surface area contributed by atoms with Gasteiger partial charge >= 0.3 is 12.0 Å². The van der Waals surface area contributed by atoms with Gasteiger partial charge in [0.1, 0.15) is 0 Å². The Hall–Kier alpha value is -1.37. The smallest absolute Gasteiger partial charge is 0.329 e. The molecular weight excluding hydrogens is 252 g/mol.